The van der Waals surface area contributed by atoms with E-state index in [2.05, 4.69) is 4.98 Å². The normalized spacial score (nSPS) is 11.1. The van der Waals surface area contributed by atoms with Gasteiger partial charge in [0, 0.05) is 5.56 Å². The molecule has 0 spiro atoms. The van der Waals surface area contributed by atoms with Gasteiger partial charge in [-0.25, -0.2) is 9.37 Å². The number of fused-ring (bicyclic) bond motifs is 1. The van der Waals surface area contributed by atoms with Crippen molar-refractivity contribution < 1.29 is 8.81 Å². The molecule has 0 atom stereocenters. The van der Waals surface area contributed by atoms with E-state index in [0.717, 1.165) is 22.2 Å². The Morgan fingerprint density at radius 3 is 2.68 bits per heavy atom. The van der Waals surface area contributed by atoms with Crippen molar-refractivity contribution >= 4 is 16.8 Å². The lowest BCUT2D eigenvalue weighted by atomic mass is 10.1. The lowest BCUT2D eigenvalue weighted by Crippen LogP contribution is -1.90. The first-order valence-corrected chi connectivity index (χ1v) is 5.98. The number of hydrogen-bond acceptors (Lipinski definition) is 3. The van der Waals surface area contributed by atoms with Crippen LogP contribution in [0.5, 0.6) is 0 Å². The third-order valence-corrected chi connectivity index (χ3v) is 3.06. The minimum atomic E-state index is -0.438. The summed E-state index contributed by atoms with van der Waals surface area (Å²) >= 11 is 0. The molecule has 0 saturated heterocycles. The van der Waals surface area contributed by atoms with E-state index in [1.54, 1.807) is 6.07 Å². The van der Waals surface area contributed by atoms with Gasteiger partial charge in [-0.15, -0.1) is 0 Å². The number of hydrogen-bond donors (Lipinski definition) is 1. The maximum atomic E-state index is 13.2. The van der Waals surface area contributed by atoms with Gasteiger partial charge in [-0.2, -0.15) is 0 Å². The number of nitrogens with two attached hydrogens (primary N) is 1. The SMILES string of the molecule is Cc1cc(C)c2oc(-c3ccc(F)c(N)c3)nc2c1. The number of anilines is 1. The van der Waals surface area contributed by atoms with Crippen molar-refractivity contribution in [3.8, 4) is 11.5 Å². The average molecular weight is 256 g/mol. The van der Waals surface area contributed by atoms with Crippen LogP contribution in [0.25, 0.3) is 22.6 Å². The Morgan fingerprint density at radius 1 is 1.16 bits per heavy atom. The predicted octanol–water partition coefficient (Wildman–Crippen LogP) is 3.83. The fourth-order valence-electron chi connectivity index (χ4n) is 2.18. The highest BCUT2D eigenvalue weighted by molar-refractivity contribution is 5.80. The van der Waals surface area contributed by atoms with Crippen LogP contribution in [0.3, 0.4) is 0 Å². The number of halogens is 1. The van der Waals surface area contributed by atoms with Crippen LogP contribution < -0.4 is 5.73 Å². The van der Waals surface area contributed by atoms with E-state index in [9.17, 15) is 4.39 Å². The van der Waals surface area contributed by atoms with Gasteiger partial charge in [0.1, 0.15) is 11.3 Å². The second-order valence-electron chi connectivity index (χ2n) is 4.69. The minimum absolute atomic E-state index is 0.0904. The number of aryl methyl sites for hydroxylation is 2. The number of benzene rings is 2. The Bertz CT molecular complexity index is 777. The molecule has 4 heteroatoms. The quantitative estimate of drug-likeness (QED) is 0.673. The fraction of sp³-hybridized carbons (Fsp3) is 0.133. The first-order valence-electron chi connectivity index (χ1n) is 5.98. The molecule has 0 saturated carbocycles. The molecule has 0 aliphatic heterocycles. The van der Waals surface area contributed by atoms with E-state index in [0.29, 0.717) is 11.5 Å². The summed E-state index contributed by atoms with van der Waals surface area (Å²) < 4.78 is 18.9. The van der Waals surface area contributed by atoms with Crippen molar-refractivity contribution in [1.29, 1.82) is 0 Å². The van der Waals surface area contributed by atoms with Crippen molar-refractivity contribution in [1.82, 2.24) is 4.98 Å². The van der Waals surface area contributed by atoms with Crippen LogP contribution in [0.2, 0.25) is 0 Å². The molecular formula is C15H13FN2O. The predicted molar refractivity (Wildman–Crippen MR) is 73.3 cm³/mol. The van der Waals surface area contributed by atoms with E-state index < -0.39 is 5.82 Å². The number of nitrogen functional groups attached to an aromatic ring is 1. The highest BCUT2D eigenvalue weighted by Gasteiger charge is 2.11. The first kappa shape index (κ1) is 11.7. The van der Waals surface area contributed by atoms with Crippen LogP contribution in [0, 0.1) is 19.7 Å². The van der Waals surface area contributed by atoms with Crippen LogP contribution in [0.1, 0.15) is 11.1 Å². The molecule has 0 bridgehead atoms. The Hall–Kier alpha value is -2.36. The standard InChI is InChI=1S/C15H13FN2O/c1-8-5-9(2)14-13(6-8)18-15(19-14)10-3-4-11(16)12(17)7-10/h3-7H,17H2,1-2H3. The van der Waals surface area contributed by atoms with Gasteiger partial charge in [-0.3, -0.25) is 0 Å². The van der Waals surface area contributed by atoms with Crippen LogP contribution in [0.15, 0.2) is 34.7 Å². The minimum Gasteiger partial charge on any atom is -0.436 e. The Kier molecular flexibility index (Phi) is 2.52. The van der Waals surface area contributed by atoms with Gasteiger partial charge in [0.15, 0.2) is 5.58 Å². The molecule has 0 unspecified atom stereocenters. The van der Waals surface area contributed by atoms with Crippen molar-refractivity contribution in [2.45, 2.75) is 13.8 Å². The molecule has 0 fully saturated rings. The molecule has 1 heterocycles. The zero-order valence-corrected chi connectivity index (χ0v) is 10.7. The summed E-state index contributed by atoms with van der Waals surface area (Å²) in [5.74, 6) is 0.0160. The van der Waals surface area contributed by atoms with E-state index in [1.165, 1.54) is 12.1 Å². The number of nitrogens with zero attached hydrogens (tertiary/aromatic N) is 1. The van der Waals surface area contributed by atoms with E-state index in [-0.39, 0.29) is 5.69 Å². The molecule has 0 radical (unpaired) electrons. The zero-order valence-electron chi connectivity index (χ0n) is 10.7. The van der Waals surface area contributed by atoms with Crippen molar-refractivity contribution in [2.75, 3.05) is 5.73 Å². The highest BCUT2D eigenvalue weighted by Crippen LogP contribution is 2.28. The third kappa shape index (κ3) is 1.95. The van der Waals surface area contributed by atoms with Crippen LogP contribution in [-0.4, -0.2) is 4.98 Å². The molecule has 3 aromatic rings. The molecule has 3 nitrogen and oxygen atoms in total. The monoisotopic (exact) mass is 256 g/mol. The number of aromatic nitrogens is 1. The summed E-state index contributed by atoms with van der Waals surface area (Å²) in [5, 5.41) is 0. The number of oxazole rings is 1. The lowest BCUT2D eigenvalue weighted by molar-refractivity contribution is 0.615. The molecular weight excluding hydrogens is 243 g/mol. The summed E-state index contributed by atoms with van der Waals surface area (Å²) in [4.78, 5) is 4.43. The molecule has 0 amide bonds. The average Bonchev–Trinajstić information content (AvgIpc) is 2.76. The maximum absolute atomic E-state index is 13.2. The molecule has 19 heavy (non-hydrogen) atoms. The van der Waals surface area contributed by atoms with Crippen LogP contribution in [-0.2, 0) is 0 Å². The van der Waals surface area contributed by atoms with E-state index in [4.69, 9.17) is 10.2 Å². The van der Waals surface area contributed by atoms with Gasteiger partial charge < -0.3 is 10.2 Å². The molecule has 1 aromatic heterocycles. The van der Waals surface area contributed by atoms with Crippen molar-refractivity contribution in [3.05, 3.63) is 47.3 Å². The molecule has 2 aromatic carbocycles. The topological polar surface area (TPSA) is 52.0 Å². The lowest BCUT2D eigenvalue weighted by Gasteiger charge is -1.98. The molecule has 0 aliphatic rings. The Labute approximate surface area is 109 Å². The second kappa shape index (κ2) is 4.09. The van der Waals surface area contributed by atoms with Crippen molar-refractivity contribution in [3.63, 3.8) is 0 Å². The van der Waals surface area contributed by atoms with E-state index >= 15 is 0 Å². The van der Waals surface area contributed by atoms with Crippen molar-refractivity contribution in [2.24, 2.45) is 0 Å². The van der Waals surface area contributed by atoms with Gasteiger partial charge in [-0.05, 0) is 49.2 Å². The summed E-state index contributed by atoms with van der Waals surface area (Å²) in [5.41, 5.74) is 10.0. The van der Waals surface area contributed by atoms with Crippen LogP contribution >= 0.6 is 0 Å². The molecule has 3 rings (SSSR count). The zero-order chi connectivity index (χ0) is 13.6. The highest BCUT2D eigenvalue weighted by atomic mass is 19.1. The smallest absolute Gasteiger partial charge is 0.227 e. The molecule has 96 valence electrons. The summed E-state index contributed by atoms with van der Waals surface area (Å²) in [6.45, 7) is 3.99. The summed E-state index contributed by atoms with van der Waals surface area (Å²) in [6.07, 6.45) is 0. The van der Waals surface area contributed by atoms with Gasteiger partial charge in [0.05, 0.1) is 5.69 Å². The fourth-order valence-corrected chi connectivity index (χ4v) is 2.18. The molecule has 0 aliphatic carbocycles. The second-order valence-corrected chi connectivity index (χ2v) is 4.69. The van der Waals surface area contributed by atoms with Gasteiger partial charge in [0.2, 0.25) is 5.89 Å². The van der Waals surface area contributed by atoms with Gasteiger partial charge in [-0.1, -0.05) is 6.07 Å². The maximum Gasteiger partial charge on any atom is 0.227 e. The Balaban J connectivity index is 2.20. The van der Waals surface area contributed by atoms with Gasteiger partial charge >= 0.3 is 0 Å². The van der Waals surface area contributed by atoms with E-state index in [1.807, 2.05) is 26.0 Å². The first-order chi connectivity index (χ1) is 9.04. The Morgan fingerprint density at radius 2 is 1.95 bits per heavy atom. The van der Waals surface area contributed by atoms with Gasteiger partial charge in [0.25, 0.3) is 0 Å². The summed E-state index contributed by atoms with van der Waals surface area (Å²) in [6, 6.07) is 8.46. The third-order valence-electron chi connectivity index (χ3n) is 3.06. The molecule has 2 N–H and O–H groups in total. The number of rotatable bonds is 1. The largest absolute Gasteiger partial charge is 0.436 e. The van der Waals surface area contributed by atoms with Crippen LogP contribution in [0.4, 0.5) is 10.1 Å². The summed E-state index contributed by atoms with van der Waals surface area (Å²) in [7, 11) is 0.